The van der Waals surface area contributed by atoms with Gasteiger partial charge in [-0.15, -0.1) is 0 Å². The Morgan fingerprint density at radius 2 is 1.72 bits per heavy atom. The first kappa shape index (κ1) is 28.2. The highest BCUT2D eigenvalue weighted by Crippen LogP contribution is 2.70. The number of benzene rings is 1. The molecule has 0 aliphatic heterocycles. The van der Waals surface area contributed by atoms with Crippen molar-refractivity contribution in [2.24, 2.45) is 34.5 Å². The van der Waals surface area contributed by atoms with Crippen LogP contribution in [-0.2, 0) is 10.0 Å². The molecule has 6 rings (SSSR count). The molecule has 214 valence electrons. The second-order valence-corrected chi connectivity index (χ2v) is 20.9. The Kier molecular flexibility index (Phi) is 6.71. The molecule has 1 heterocycles. The van der Waals surface area contributed by atoms with Crippen LogP contribution >= 0.6 is 11.6 Å². The Bertz CT molecular complexity index is 1260. The standard InChI is InChI=1S/C34H50ClNO2Si/c1-31(2,3)39(6,7)38-25-12-16-32(4)23(20-25)10-11-26-28(32)13-17-33(5)29(26)14-18-34(33,37)24-9-8-22-15-19-36-30(35)27(22)21-24/h8-9,15,19,21,23,25-26,28-29,37H,10-14,16-18,20H2,1-7H3/t23-,25+,26+,28-,29-,32-,33-,34?/m0/s1. The van der Waals surface area contributed by atoms with E-state index in [1.165, 1.54) is 38.5 Å². The second kappa shape index (κ2) is 9.28. The first-order valence-corrected chi connectivity index (χ1v) is 18.9. The lowest BCUT2D eigenvalue weighted by Gasteiger charge is -2.62. The van der Waals surface area contributed by atoms with Crippen LogP contribution in [0.2, 0.25) is 23.3 Å². The van der Waals surface area contributed by atoms with E-state index in [0.717, 1.165) is 53.4 Å². The van der Waals surface area contributed by atoms with E-state index in [1.54, 1.807) is 6.20 Å². The molecular formula is C34H50ClNO2Si. The fourth-order valence-electron chi connectivity index (χ4n) is 9.80. The number of hydrogen-bond donors (Lipinski definition) is 1. The minimum Gasteiger partial charge on any atom is -0.414 e. The molecule has 5 heteroatoms. The molecule has 1 N–H and O–H groups in total. The summed E-state index contributed by atoms with van der Waals surface area (Å²) in [5.74, 6) is 2.87. The molecule has 8 atom stereocenters. The van der Waals surface area contributed by atoms with Crippen molar-refractivity contribution >= 4 is 30.7 Å². The minimum absolute atomic E-state index is 0.0949. The Morgan fingerprint density at radius 3 is 2.46 bits per heavy atom. The van der Waals surface area contributed by atoms with Gasteiger partial charge in [-0.05, 0) is 128 Å². The van der Waals surface area contributed by atoms with Gasteiger partial charge in [-0.3, -0.25) is 0 Å². The maximum absolute atomic E-state index is 12.5. The van der Waals surface area contributed by atoms with E-state index in [9.17, 15) is 5.11 Å². The highest BCUT2D eigenvalue weighted by molar-refractivity contribution is 6.74. The Hall–Kier alpha value is -0.943. The van der Waals surface area contributed by atoms with Gasteiger partial charge >= 0.3 is 0 Å². The number of nitrogens with zero attached hydrogens (tertiary/aromatic N) is 1. The number of fused-ring (bicyclic) bond motifs is 6. The van der Waals surface area contributed by atoms with Crippen LogP contribution in [-0.4, -0.2) is 24.5 Å². The fraction of sp³-hybridized carbons (Fsp3) is 0.735. The van der Waals surface area contributed by atoms with E-state index in [1.807, 2.05) is 6.07 Å². The Balaban J connectivity index is 1.23. The molecule has 1 aromatic heterocycles. The number of aliphatic hydroxyl groups is 1. The van der Waals surface area contributed by atoms with Crippen LogP contribution in [0.1, 0.15) is 98.0 Å². The minimum atomic E-state index is -1.74. The third-order valence-corrected chi connectivity index (χ3v) is 18.1. The van der Waals surface area contributed by atoms with E-state index < -0.39 is 13.9 Å². The van der Waals surface area contributed by atoms with E-state index in [-0.39, 0.29) is 10.5 Å². The topological polar surface area (TPSA) is 42.4 Å². The van der Waals surface area contributed by atoms with Crippen molar-refractivity contribution in [3.8, 4) is 0 Å². The maximum Gasteiger partial charge on any atom is 0.192 e. The van der Waals surface area contributed by atoms with Gasteiger partial charge in [0.15, 0.2) is 8.32 Å². The average molecular weight is 568 g/mol. The van der Waals surface area contributed by atoms with Crippen molar-refractivity contribution in [2.75, 3.05) is 0 Å². The van der Waals surface area contributed by atoms with Crippen molar-refractivity contribution in [1.29, 1.82) is 0 Å². The summed E-state index contributed by atoms with van der Waals surface area (Å²) >= 11 is 6.49. The zero-order valence-electron chi connectivity index (χ0n) is 25.3. The van der Waals surface area contributed by atoms with E-state index in [0.29, 0.717) is 22.6 Å². The van der Waals surface area contributed by atoms with Crippen molar-refractivity contribution in [3.63, 3.8) is 0 Å². The van der Waals surface area contributed by atoms with Crippen LogP contribution in [0.4, 0.5) is 0 Å². The molecule has 39 heavy (non-hydrogen) atoms. The van der Waals surface area contributed by atoms with Gasteiger partial charge in [-0.25, -0.2) is 4.98 Å². The molecule has 0 bridgehead atoms. The molecule has 0 radical (unpaired) electrons. The van der Waals surface area contributed by atoms with E-state index in [2.05, 4.69) is 70.9 Å². The predicted octanol–water partition coefficient (Wildman–Crippen LogP) is 9.51. The molecule has 4 aliphatic rings. The third-order valence-electron chi connectivity index (χ3n) is 13.2. The summed E-state index contributed by atoms with van der Waals surface area (Å²) in [7, 11) is -1.74. The molecule has 2 aromatic rings. The first-order valence-electron chi connectivity index (χ1n) is 15.6. The van der Waals surface area contributed by atoms with Crippen LogP contribution in [0.3, 0.4) is 0 Å². The highest BCUT2D eigenvalue weighted by Gasteiger charge is 2.65. The molecule has 1 aromatic carbocycles. The maximum atomic E-state index is 12.5. The summed E-state index contributed by atoms with van der Waals surface area (Å²) in [4.78, 5) is 4.31. The van der Waals surface area contributed by atoms with E-state index >= 15 is 0 Å². The molecule has 0 amide bonds. The number of pyridine rings is 1. The van der Waals surface area contributed by atoms with Gasteiger partial charge in [0.05, 0.1) is 5.60 Å². The summed E-state index contributed by atoms with van der Waals surface area (Å²) in [6, 6.07) is 8.41. The molecule has 1 unspecified atom stereocenters. The van der Waals surface area contributed by atoms with Gasteiger partial charge in [0.1, 0.15) is 5.15 Å². The number of rotatable bonds is 3. The van der Waals surface area contributed by atoms with Crippen LogP contribution < -0.4 is 0 Å². The molecular weight excluding hydrogens is 518 g/mol. The van der Waals surface area contributed by atoms with Crippen molar-refractivity contribution < 1.29 is 9.53 Å². The second-order valence-electron chi connectivity index (χ2n) is 15.8. The van der Waals surface area contributed by atoms with Gasteiger partial charge in [-0.2, -0.15) is 0 Å². The zero-order valence-corrected chi connectivity index (χ0v) is 27.1. The summed E-state index contributed by atoms with van der Waals surface area (Å²) in [6.07, 6.45) is 13.0. The van der Waals surface area contributed by atoms with Crippen molar-refractivity contribution in [1.82, 2.24) is 4.98 Å². The summed E-state index contributed by atoms with van der Waals surface area (Å²) < 4.78 is 6.97. The third kappa shape index (κ3) is 4.21. The van der Waals surface area contributed by atoms with Crippen LogP contribution in [0.15, 0.2) is 30.5 Å². The number of halogens is 1. The lowest BCUT2D eigenvalue weighted by atomic mass is 9.44. The predicted molar refractivity (Wildman–Crippen MR) is 164 cm³/mol. The van der Waals surface area contributed by atoms with Crippen LogP contribution in [0, 0.1) is 34.5 Å². The molecule has 0 saturated heterocycles. The molecule has 3 nitrogen and oxygen atoms in total. The van der Waals surface area contributed by atoms with Gasteiger partial charge in [-0.1, -0.05) is 58.4 Å². The highest BCUT2D eigenvalue weighted by atomic mass is 35.5. The van der Waals surface area contributed by atoms with Crippen molar-refractivity contribution in [3.05, 3.63) is 41.2 Å². The smallest absolute Gasteiger partial charge is 0.192 e. The normalized spacial score (nSPS) is 40.7. The molecule has 4 aliphatic carbocycles. The lowest BCUT2D eigenvalue weighted by Crippen LogP contribution is -2.56. The molecule has 4 fully saturated rings. The summed E-state index contributed by atoms with van der Waals surface area (Å²) in [6.45, 7) is 17.0. The Morgan fingerprint density at radius 1 is 0.974 bits per heavy atom. The largest absolute Gasteiger partial charge is 0.414 e. The van der Waals surface area contributed by atoms with Gasteiger partial charge in [0.25, 0.3) is 0 Å². The average Bonchev–Trinajstić information content (AvgIpc) is 3.15. The quantitative estimate of drug-likeness (QED) is 0.296. The fourth-order valence-corrected chi connectivity index (χ4v) is 11.4. The number of aromatic nitrogens is 1. The molecule has 0 spiro atoms. The number of hydrogen-bond acceptors (Lipinski definition) is 3. The van der Waals surface area contributed by atoms with Crippen LogP contribution in [0.5, 0.6) is 0 Å². The van der Waals surface area contributed by atoms with E-state index in [4.69, 9.17) is 16.0 Å². The molecule has 4 saturated carbocycles. The summed E-state index contributed by atoms with van der Waals surface area (Å²) in [5.41, 5.74) is 0.557. The van der Waals surface area contributed by atoms with Gasteiger partial charge in [0, 0.05) is 23.1 Å². The van der Waals surface area contributed by atoms with Gasteiger partial charge < -0.3 is 9.53 Å². The summed E-state index contributed by atoms with van der Waals surface area (Å²) in [5, 5.41) is 15.3. The monoisotopic (exact) mass is 567 g/mol. The van der Waals surface area contributed by atoms with Crippen LogP contribution in [0.25, 0.3) is 10.8 Å². The zero-order chi connectivity index (χ0) is 28.0. The van der Waals surface area contributed by atoms with Gasteiger partial charge in [0.2, 0.25) is 0 Å². The first-order chi connectivity index (χ1) is 18.2. The SMILES string of the molecule is CC(C)(C)[Si](C)(C)O[C@@H]1CC[C@@]2(C)[C@@H](CC[C@@H]3[C@@H]2CC[C@@]2(C)[C@H]3CCC2(O)c2ccc3ccnc(Cl)c3c2)C1. The Labute approximate surface area is 242 Å². The van der Waals surface area contributed by atoms with Crippen molar-refractivity contribution in [2.45, 2.75) is 122 Å². The lowest BCUT2D eigenvalue weighted by molar-refractivity contribution is -0.160.